The highest BCUT2D eigenvalue weighted by Gasteiger charge is 2.36. The molecule has 2 rings (SSSR count). The summed E-state index contributed by atoms with van der Waals surface area (Å²) in [5.74, 6) is 0.446. The summed E-state index contributed by atoms with van der Waals surface area (Å²) in [6, 6.07) is 10.8. The average molecular weight is 304 g/mol. The molecule has 2 atom stereocenters. The predicted molar refractivity (Wildman–Crippen MR) is 88.7 cm³/mol. The molecule has 0 aromatic heterocycles. The summed E-state index contributed by atoms with van der Waals surface area (Å²) in [5.41, 5.74) is 0.863. The zero-order chi connectivity index (χ0) is 16.3. The first kappa shape index (κ1) is 16.8. The fourth-order valence-corrected chi connectivity index (χ4v) is 2.99. The highest BCUT2D eigenvalue weighted by atomic mass is 16.6. The van der Waals surface area contributed by atoms with Gasteiger partial charge in [0.15, 0.2) is 0 Å². The Morgan fingerprint density at radius 3 is 2.50 bits per heavy atom. The van der Waals surface area contributed by atoms with Crippen molar-refractivity contribution in [1.29, 1.82) is 0 Å². The molecule has 1 heterocycles. The molecular formula is C18H28N2O2. The molecule has 1 aromatic carbocycles. The number of hydrogen-bond acceptors (Lipinski definition) is 3. The highest BCUT2D eigenvalue weighted by molar-refractivity contribution is 5.68. The maximum Gasteiger partial charge on any atom is 0.410 e. The van der Waals surface area contributed by atoms with E-state index in [0.717, 1.165) is 19.6 Å². The minimum absolute atomic E-state index is 0.199. The summed E-state index contributed by atoms with van der Waals surface area (Å²) in [5, 5.41) is 0. The molecule has 122 valence electrons. The molecule has 0 saturated carbocycles. The molecule has 0 N–H and O–H groups in total. The Kier molecular flexibility index (Phi) is 5.12. The van der Waals surface area contributed by atoms with Crippen molar-refractivity contribution in [2.45, 2.75) is 45.9 Å². The van der Waals surface area contributed by atoms with Gasteiger partial charge >= 0.3 is 6.09 Å². The van der Waals surface area contributed by atoms with Gasteiger partial charge in [-0.05, 0) is 39.3 Å². The van der Waals surface area contributed by atoms with Crippen molar-refractivity contribution in [2.24, 2.45) is 5.92 Å². The largest absolute Gasteiger partial charge is 0.444 e. The number of benzene rings is 1. The Balaban J connectivity index is 1.94. The molecule has 1 fully saturated rings. The van der Waals surface area contributed by atoms with E-state index >= 15 is 0 Å². The summed E-state index contributed by atoms with van der Waals surface area (Å²) in [6.07, 6.45) is -0.199. The predicted octanol–water partition coefficient (Wildman–Crippen LogP) is 3.37. The number of amides is 1. The number of rotatable bonds is 3. The van der Waals surface area contributed by atoms with Gasteiger partial charge in [0.2, 0.25) is 0 Å². The van der Waals surface area contributed by atoms with Gasteiger partial charge in [0, 0.05) is 25.7 Å². The van der Waals surface area contributed by atoms with Crippen LogP contribution in [0.3, 0.4) is 0 Å². The van der Waals surface area contributed by atoms with Gasteiger partial charge in [-0.3, -0.25) is 4.90 Å². The Labute approximate surface area is 134 Å². The average Bonchev–Trinajstić information content (AvgIpc) is 2.80. The third kappa shape index (κ3) is 4.47. The topological polar surface area (TPSA) is 32.8 Å². The van der Waals surface area contributed by atoms with Crippen LogP contribution in [0.15, 0.2) is 30.3 Å². The van der Waals surface area contributed by atoms with Gasteiger partial charge in [-0.15, -0.1) is 0 Å². The maximum atomic E-state index is 12.2. The molecule has 4 nitrogen and oxygen atoms in total. The molecule has 0 radical (unpaired) electrons. The van der Waals surface area contributed by atoms with Crippen LogP contribution in [0.5, 0.6) is 0 Å². The molecule has 1 saturated heterocycles. The van der Waals surface area contributed by atoms with Crippen LogP contribution < -0.4 is 0 Å². The fourth-order valence-electron chi connectivity index (χ4n) is 2.99. The first-order chi connectivity index (χ1) is 10.3. The standard InChI is InChI=1S/C18H28N2O2/c1-14-11-20(17(21)22-18(2,3)4)13-16(14)19(5)12-15-9-7-6-8-10-15/h6-10,14,16H,11-13H2,1-5H3/t14-,16+/m1/s1. The number of likely N-dealkylation sites (tertiary alicyclic amines) is 1. The van der Waals surface area contributed by atoms with Crippen LogP contribution in [0, 0.1) is 5.92 Å². The van der Waals surface area contributed by atoms with E-state index in [1.807, 2.05) is 31.7 Å². The van der Waals surface area contributed by atoms with E-state index in [1.165, 1.54) is 5.56 Å². The van der Waals surface area contributed by atoms with E-state index in [-0.39, 0.29) is 6.09 Å². The van der Waals surface area contributed by atoms with Crippen molar-refractivity contribution in [3.63, 3.8) is 0 Å². The molecular weight excluding hydrogens is 276 g/mol. The minimum atomic E-state index is -0.436. The second-order valence-corrected chi connectivity index (χ2v) is 7.33. The zero-order valence-corrected chi connectivity index (χ0v) is 14.4. The van der Waals surface area contributed by atoms with E-state index in [4.69, 9.17) is 4.74 Å². The lowest BCUT2D eigenvalue weighted by Crippen LogP contribution is -2.39. The quantitative estimate of drug-likeness (QED) is 0.858. The van der Waals surface area contributed by atoms with Crippen LogP contribution >= 0.6 is 0 Å². The maximum absolute atomic E-state index is 12.2. The van der Waals surface area contributed by atoms with E-state index in [9.17, 15) is 4.79 Å². The number of ether oxygens (including phenoxy) is 1. The van der Waals surface area contributed by atoms with Gasteiger partial charge in [-0.2, -0.15) is 0 Å². The first-order valence-electron chi connectivity index (χ1n) is 7.98. The highest BCUT2D eigenvalue weighted by Crippen LogP contribution is 2.24. The molecule has 1 aliphatic rings. The normalized spacial score (nSPS) is 22.2. The van der Waals surface area contributed by atoms with Gasteiger partial charge in [-0.1, -0.05) is 37.3 Å². The first-order valence-corrected chi connectivity index (χ1v) is 7.98. The van der Waals surface area contributed by atoms with Crippen LogP contribution in [-0.2, 0) is 11.3 Å². The zero-order valence-electron chi connectivity index (χ0n) is 14.4. The summed E-state index contributed by atoms with van der Waals surface area (Å²) < 4.78 is 5.48. The van der Waals surface area contributed by atoms with E-state index in [2.05, 4.69) is 43.1 Å². The monoisotopic (exact) mass is 304 g/mol. The molecule has 1 aliphatic heterocycles. The third-order valence-electron chi connectivity index (χ3n) is 4.07. The summed E-state index contributed by atoms with van der Waals surface area (Å²) >= 11 is 0. The molecule has 4 heteroatoms. The van der Waals surface area contributed by atoms with Gasteiger partial charge in [-0.25, -0.2) is 4.79 Å². The number of carbonyl (C=O) groups is 1. The molecule has 22 heavy (non-hydrogen) atoms. The van der Waals surface area contributed by atoms with Gasteiger partial charge in [0.25, 0.3) is 0 Å². The number of likely N-dealkylation sites (N-methyl/N-ethyl adjacent to an activating group) is 1. The Morgan fingerprint density at radius 1 is 1.27 bits per heavy atom. The van der Waals surface area contributed by atoms with Crippen molar-refractivity contribution in [1.82, 2.24) is 9.80 Å². The lowest BCUT2D eigenvalue weighted by atomic mass is 10.0. The Morgan fingerprint density at radius 2 is 1.91 bits per heavy atom. The van der Waals surface area contributed by atoms with Crippen LogP contribution in [-0.4, -0.2) is 47.7 Å². The summed E-state index contributed by atoms with van der Waals surface area (Å²) in [4.78, 5) is 16.4. The molecule has 1 aromatic rings. The van der Waals surface area contributed by atoms with E-state index < -0.39 is 5.60 Å². The Hall–Kier alpha value is -1.55. The molecule has 1 amide bonds. The second-order valence-electron chi connectivity index (χ2n) is 7.33. The smallest absolute Gasteiger partial charge is 0.410 e. The molecule has 0 bridgehead atoms. The molecule has 0 unspecified atom stereocenters. The third-order valence-corrected chi connectivity index (χ3v) is 4.07. The number of hydrogen-bond donors (Lipinski definition) is 0. The SMILES string of the molecule is C[C@@H]1CN(C(=O)OC(C)(C)C)C[C@@H]1N(C)Cc1ccccc1. The number of nitrogens with zero attached hydrogens (tertiary/aromatic N) is 2. The van der Waals surface area contributed by atoms with Crippen LogP contribution in [0.2, 0.25) is 0 Å². The molecule has 0 aliphatic carbocycles. The summed E-state index contributed by atoms with van der Waals surface area (Å²) in [6.45, 7) is 10.3. The van der Waals surface area contributed by atoms with Crippen LogP contribution in [0.1, 0.15) is 33.3 Å². The van der Waals surface area contributed by atoms with Gasteiger partial charge < -0.3 is 9.64 Å². The van der Waals surface area contributed by atoms with Crippen molar-refractivity contribution < 1.29 is 9.53 Å². The van der Waals surface area contributed by atoms with Crippen LogP contribution in [0.4, 0.5) is 4.79 Å². The Bertz CT molecular complexity index is 496. The number of carbonyl (C=O) groups excluding carboxylic acids is 1. The second kappa shape index (κ2) is 6.69. The minimum Gasteiger partial charge on any atom is -0.444 e. The fraction of sp³-hybridized carbons (Fsp3) is 0.611. The lowest BCUT2D eigenvalue weighted by molar-refractivity contribution is 0.0280. The van der Waals surface area contributed by atoms with E-state index in [0.29, 0.717) is 12.0 Å². The van der Waals surface area contributed by atoms with Gasteiger partial charge in [0.05, 0.1) is 0 Å². The van der Waals surface area contributed by atoms with Gasteiger partial charge in [0.1, 0.15) is 5.60 Å². The van der Waals surface area contributed by atoms with Crippen molar-refractivity contribution >= 4 is 6.09 Å². The summed E-state index contributed by atoms with van der Waals surface area (Å²) in [7, 11) is 2.13. The lowest BCUT2D eigenvalue weighted by Gasteiger charge is -2.27. The van der Waals surface area contributed by atoms with Crippen LogP contribution in [0.25, 0.3) is 0 Å². The van der Waals surface area contributed by atoms with Crippen molar-refractivity contribution in [3.8, 4) is 0 Å². The van der Waals surface area contributed by atoms with E-state index in [1.54, 1.807) is 0 Å². The molecule has 0 spiro atoms. The van der Waals surface area contributed by atoms with Crippen molar-refractivity contribution in [2.75, 3.05) is 20.1 Å². The van der Waals surface area contributed by atoms with Crippen molar-refractivity contribution in [3.05, 3.63) is 35.9 Å².